The van der Waals surface area contributed by atoms with Crippen LogP contribution in [0.15, 0.2) is 0 Å². The molecule has 0 aromatic heterocycles. The maximum absolute atomic E-state index is 5.44. The van der Waals surface area contributed by atoms with Crippen molar-refractivity contribution >= 4 is 0 Å². The lowest BCUT2D eigenvalue weighted by Gasteiger charge is -2.17. The normalized spacial score (nSPS) is 18.9. The van der Waals surface area contributed by atoms with Gasteiger partial charge in [-0.15, -0.1) is 0 Å². The average molecular weight is 185 g/mol. The van der Waals surface area contributed by atoms with E-state index in [9.17, 15) is 0 Å². The summed E-state index contributed by atoms with van der Waals surface area (Å²) in [6.07, 6.45) is 5.62. The van der Waals surface area contributed by atoms with Crippen LogP contribution in [0.5, 0.6) is 0 Å². The van der Waals surface area contributed by atoms with Crippen LogP contribution in [-0.4, -0.2) is 25.8 Å². The molecule has 0 amide bonds. The van der Waals surface area contributed by atoms with Crippen molar-refractivity contribution in [2.75, 3.05) is 19.8 Å². The predicted octanol–water partition coefficient (Wildman–Crippen LogP) is 2.19. The molecule has 0 saturated heterocycles. The summed E-state index contributed by atoms with van der Waals surface area (Å²) >= 11 is 0. The van der Waals surface area contributed by atoms with Gasteiger partial charge >= 0.3 is 0 Å². The second-order valence-electron chi connectivity index (χ2n) is 3.93. The van der Waals surface area contributed by atoms with Gasteiger partial charge < -0.3 is 10.1 Å². The number of ether oxygens (including phenoxy) is 1. The molecule has 2 nitrogen and oxygen atoms in total. The highest BCUT2D eigenvalue weighted by atomic mass is 16.5. The van der Waals surface area contributed by atoms with Gasteiger partial charge in [0.2, 0.25) is 0 Å². The third-order valence-electron chi connectivity index (χ3n) is 2.64. The molecule has 0 heterocycles. The van der Waals surface area contributed by atoms with E-state index in [0.29, 0.717) is 6.04 Å². The second kappa shape index (κ2) is 6.39. The number of hydrogen-bond donors (Lipinski definition) is 1. The van der Waals surface area contributed by atoms with Crippen LogP contribution in [-0.2, 0) is 4.74 Å². The third-order valence-corrected chi connectivity index (χ3v) is 2.64. The van der Waals surface area contributed by atoms with Gasteiger partial charge in [0.1, 0.15) is 0 Å². The van der Waals surface area contributed by atoms with Crippen molar-refractivity contribution < 1.29 is 4.74 Å². The Balaban J connectivity index is 2.03. The molecule has 1 saturated carbocycles. The van der Waals surface area contributed by atoms with E-state index >= 15 is 0 Å². The van der Waals surface area contributed by atoms with Crippen molar-refractivity contribution in [3.8, 4) is 0 Å². The largest absolute Gasteiger partial charge is 0.380 e. The smallest absolute Gasteiger partial charge is 0.0619 e. The summed E-state index contributed by atoms with van der Waals surface area (Å²) in [5.41, 5.74) is 0. The first kappa shape index (κ1) is 11.0. The molecular formula is C11H23NO. The molecule has 0 aromatic rings. The number of nitrogens with one attached hydrogen (secondary N) is 1. The topological polar surface area (TPSA) is 21.3 Å². The van der Waals surface area contributed by atoms with Crippen molar-refractivity contribution in [1.29, 1.82) is 0 Å². The summed E-state index contributed by atoms with van der Waals surface area (Å²) in [5.74, 6) is 1.04. The number of likely N-dealkylation sites (N-methyl/N-ethyl adjacent to an activating group) is 1. The Morgan fingerprint density at radius 2 is 2.15 bits per heavy atom. The minimum Gasteiger partial charge on any atom is -0.380 e. The molecule has 1 aliphatic carbocycles. The molecule has 0 aliphatic heterocycles. The van der Waals surface area contributed by atoms with E-state index in [0.717, 1.165) is 25.7 Å². The highest BCUT2D eigenvalue weighted by molar-refractivity contribution is 4.76. The summed E-state index contributed by atoms with van der Waals surface area (Å²) in [5, 5.41) is 3.48. The van der Waals surface area contributed by atoms with E-state index in [-0.39, 0.29) is 0 Å². The Morgan fingerprint density at radius 3 is 2.69 bits per heavy atom. The minimum absolute atomic E-state index is 0.588. The second-order valence-corrected chi connectivity index (χ2v) is 3.93. The van der Waals surface area contributed by atoms with Crippen molar-refractivity contribution in [2.45, 2.75) is 45.6 Å². The summed E-state index contributed by atoms with van der Waals surface area (Å²) < 4.78 is 5.44. The molecule has 1 unspecified atom stereocenters. The van der Waals surface area contributed by atoms with E-state index in [1.165, 1.54) is 25.7 Å². The minimum atomic E-state index is 0.588. The summed E-state index contributed by atoms with van der Waals surface area (Å²) in [4.78, 5) is 0. The first-order chi connectivity index (χ1) is 6.36. The summed E-state index contributed by atoms with van der Waals surface area (Å²) in [7, 11) is 0. The van der Waals surface area contributed by atoms with E-state index < -0.39 is 0 Å². The Labute approximate surface area is 82.0 Å². The Morgan fingerprint density at radius 1 is 1.38 bits per heavy atom. The highest BCUT2D eigenvalue weighted by Crippen LogP contribution is 2.33. The maximum Gasteiger partial charge on any atom is 0.0619 e. The molecule has 1 fully saturated rings. The van der Waals surface area contributed by atoms with Gasteiger partial charge in [-0.05, 0) is 32.2 Å². The molecule has 0 bridgehead atoms. The fourth-order valence-corrected chi connectivity index (χ4v) is 1.64. The summed E-state index contributed by atoms with van der Waals surface area (Å²) in [6, 6.07) is 0.588. The van der Waals surface area contributed by atoms with Gasteiger partial charge in [-0.2, -0.15) is 0 Å². The van der Waals surface area contributed by atoms with Gasteiger partial charge in [-0.25, -0.2) is 0 Å². The SMILES string of the molecule is CCNC(CCC1CC1)COCC. The maximum atomic E-state index is 5.44. The third kappa shape index (κ3) is 5.27. The van der Waals surface area contributed by atoms with Crippen LogP contribution in [0, 0.1) is 5.92 Å². The van der Waals surface area contributed by atoms with Crippen molar-refractivity contribution in [1.82, 2.24) is 5.32 Å². The first-order valence-corrected chi connectivity index (χ1v) is 5.68. The quantitative estimate of drug-likeness (QED) is 0.626. The fraction of sp³-hybridized carbons (Fsp3) is 1.00. The highest BCUT2D eigenvalue weighted by Gasteiger charge is 2.22. The van der Waals surface area contributed by atoms with Gasteiger partial charge in [-0.3, -0.25) is 0 Å². The molecule has 1 atom stereocenters. The molecule has 1 N–H and O–H groups in total. The molecule has 78 valence electrons. The van der Waals surface area contributed by atoms with Gasteiger partial charge in [-0.1, -0.05) is 19.8 Å². The van der Waals surface area contributed by atoms with Crippen LogP contribution in [0.1, 0.15) is 39.5 Å². The molecule has 1 aliphatic rings. The molecule has 0 radical (unpaired) electrons. The zero-order valence-corrected chi connectivity index (χ0v) is 9.01. The molecule has 0 spiro atoms. The molecule has 1 rings (SSSR count). The van der Waals surface area contributed by atoms with Crippen LogP contribution < -0.4 is 5.32 Å². The van der Waals surface area contributed by atoms with E-state index in [2.05, 4.69) is 19.2 Å². The lowest BCUT2D eigenvalue weighted by molar-refractivity contribution is 0.119. The van der Waals surface area contributed by atoms with Crippen LogP contribution in [0.3, 0.4) is 0 Å². The van der Waals surface area contributed by atoms with Gasteiger partial charge in [0.25, 0.3) is 0 Å². The first-order valence-electron chi connectivity index (χ1n) is 5.68. The van der Waals surface area contributed by atoms with E-state index in [1.807, 2.05) is 0 Å². The molecule has 2 heteroatoms. The summed E-state index contributed by atoms with van der Waals surface area (Å²) in [6.45, 7) is 7.00. The molecular weight excluding hydrogens is 162 g/mol. The lowest BCUT2D eigenvalue weighted by atomic mass is 10.1. The van der Waals surface area contributed by atoms with E-state index in [1.54, 1.807) is 0 Å². The van der Waals surface area contributed by atoms with Crippen molar-refractivity contribution in [3.05, 3.63) is 0 Å². The van der Waals surface area contributed by atoms with Gasteiger partial charge in [0, 0.05) is 12.6 Å². The van der Waals surface area contributed by atoms with Crippen molar-refractivity contribution in [3.63, 3.8) is 0 Å². The Hall–Kier alpha value is -0.0800. The zero-order valence-electron chi connectivity index (χ0n) is 9.01. The predicted molar refractivity (Wildman–Crippen MR) is 55.9 cm³/mol. The Bertz CT molecular complexity index is 123. The monoisotopic (exact) mass is 185 g/mol. The number of hydrogen-bond acceptors (Lipinski definition) is 2. The van der Waals surface area contributed by atoms with E-state index in [4.69, 9.17) is 4.74 Å². The Kier molecular flexibility index (Phi) is 5.40. The average Bonchev–Trinajstić information content (AvgIpc) is 2.93. The van der Waals surface area contributed by atoms with Crippen LogP contribution in [0.4, 0.5) is 0 Å². The lowest BCUT2D eigenvalue weighted by Crippen LogP contribution is -2.33. The van der Waals surface area contributed by atoms with Gasteiger partial charge in [0.05, 0.1) is 6.61 Å². The number of rotatable bonds is 8. The standard InChI is InChI=1S/C11H23NO/c1-3-12-11(9-13-4-2)8-7-10-5-6-10/h10-12H,3-9H2,1-2H3. The molecule has 0 aromatic carbocycles. The van der Waals surface area contributed by atoms with Crippen LogP contribution >= 0.6 is 0 Å². The molecule has 13 heavy (non-hydrogen) atoms. The van der Waals surface area contributed by atoms with Crippen LogP contribution in [0.25, 0.3) is 0 Å². The van der Waals surface area contributed by atoms with Crippen LogP contribution in [0.2, 0.25) is 0 Å². The van der Waals surface area contributed by atoms with Gasteiger partial charge in [0.15, 0.2) is 0 Å². The van der Waals surface area contributed by atoms with Crippen molar-refractivity contribution in [2.24, 2.45) is 5.92 Å². The zero-order chi connectivity index (χ0) is 9.52. The fourth-order valence-electron chi connectivity index (χ4n) is 1.64.